The molecule has 250 valence electrons. The number of hydrazine groups is 2. The quantitative estimate of drug-likeness (QED) is 0.0590. The molecular formula is C40H70N4. The molecule has 4 nitrogen and oxygen atoms in total. The first-order valence-corrected chi connectivity index (χ1v) is 18.9. The molecule has 0 aliphatic carbocycles. The minimum absolute atomic E-state index is 0.284. The standard InChI is InChI=1S/C40H70N4/c1-3-5-7-8-9-15-18-28-36-43-44(42-35-26-6-4-2)37-29-19-16-13-11-10-12-14-17-27-34-41-40(38-30-22-20-23-31-38)39-32-24-21-25-33-39/h20-25,30-33,40-43H,3-19,26-29,34-37H2,1-2H3. The van der Waals surface area contributed by atoms with E-state index in [4.69, 9.17) is 0 Å². The first-order valence-electron chi connectivity index (χ1n) is 18.9. The number of benzene rings is 2. The van der Waals surface area contributed by atoms with Crippen LogP contribution in [-0.4, -0.2) is 31.3 Å². The van der Waals surface area contributed by atoms with E-state index in [0.717, 1.165) is 26.2 Å². The molecule has 0 aromatic heterocycles. The van der Waals surface area contributed by atoms with Crippen molar-refractivity contribution in [2.75, 3.05) is 26.2 Å². The third-order valence-electron chi connectivity index (χ3n) is 8.84. The van der Waals surface area contributed by atoms with Gasteiger partial charge in [0.25, 0.3) is 0 Å². The monoisotopic (exact) mass is 607 g/mol. The molecule has 0 spiro atoms. The summed E-state index contributed by atoms with van der Waals surface area (Å²) in [6.07, 6.45) is 28.5. The molecule has 44 heavy (non-hydrogen) atoms. The SMILES string of the molecule is CCCCCCCCCCNN(CCCCCCCCCCCCNC(c1ccccc1)c1ccccc1)NCCCCC. The van der Waals surface area contributed by atoms with Gasteiger partial charge in [-0.2, -0.15) is 5.12 Å². The summed E-state index contributed by atoms with van der Waals surface area (Å²) in [5.41, 5.74) is 10.1. The lowest BCUT2D eigenvalue weighted by Gasteiger charge is -2.24. The van der Waals surface area contributed by atoms with Crippen molar-refractivity contribution < 1.29 is 0 Å². The molecule has 2 aromatic rings. The van der Waals surface area contributed by atoms with Gasteiger partial charge in [0.2, 0.25) is 0 Å². The van der Waals surface area contributed by atoms with Crippen LogP contribution in [0.2, 0.25) is 0 Å². The Hall–Kier alpha value is -1.72. The zero-order chi connectivity index (χ0) is 31.2. The highest BCUT2D eigenvalue weighted by Gasteiger charge is 2.12. The van der Waals surface area contributed by atoms with Crippen LogP contribution in [0.5, 0.6) is 0 Å². The van der Waals surface area contributed by atoms with Gasteiger partial charge in [0.1, 0.15) is 0 Å². The van der Waals surface area contributed by atoms with Gasteiger partial charge in [0.15, 0.2) is 0 Å². The lowest BCUT2D eigenvalue weighted by Crippen LogP contribution is -2.49. The molecule has 0 saturated heterocycles. The van der Waals surface area contributed by atoms with E-state index in [1.165, 1.54) is 146 Å². The molecule has 0 radical (unpaired) electrons. The predicted molar refractivity (Wildman–Crippen MR) is 194 cm³/mol. The second kappa shape index (κ2) is 28.7. The maximum atomic E-state index is 3.82. The van der Waals surface area contributed by atoms with Gasteiger partial charge in [-0.3, -0.25) is 0 Å². The average Bonchev–Trinajstić information content (AvgIpc) is 3.06. The zero-order valence-electron chi connectivity index (χ0n) is 29.0. The summed E-state index contributed by atoms with van der Waals surface area (Å²) < 4.78 is 0. The molecule has 2 rings (SSSR count). The van der Waals surface area contributed by atoms with Crippen molar-refractivity contribution in [2.24, 2.45) is 0 Å². The van der Waals surface area contributed by atoms with Crippen molar-refractivity contribution in [1.29, 1.82) is 0 Å². The van der Waals surface area contributed by atoms with Crippen LogP contribution < -0.4 is 16.2 Å². The molecular weight excluding hydrogens is 536 g/mol. The summed E-state index contributed by atoms with van der Waals surface area (Å²) in [6.45, 7) is 8.97. The number of unbranched alkanes of at least 4 members (excludes halogenated alkanes) is 18. The first-order chi connectivity index (χ1) is 21.8. The summed E-state index contributed by atoms with van der Waals surface area (Å²) in [7, 11) is 0. The van der Waals surface area contributed by atoms with Gasteiger partial charge in [0, 0.05) is 19.6 Å². The molecule has 0 bridgehead atoms. The van der Waals surface area contributed by atoms with Gasteiger partial charge < -0.3 is 5.32 Å². The molecule has 0 unspecified atom stereocenters. The van der Waals surface area contributed by atoms with Gasteiger partial charge in [-0.05, 0) is 43.4 Å². The van der Waals surface area contributed by atoms with Crippen molar-refractivity contribution >= 4 is 0 Å². The second-order valence-electron chi connectivity index (χ2n) is 12.9. The number of rotatable bonds is 31. The Bertz CT molecular complexity index is 803. The molecule has 0 fully saturated rings. The Morgan fingerprint density at radius 1 is 0.432 bits per heavy atom. The lowest BCUT2D eigenvalue weighted by atomic mass is 9.98. The largest absolute Gasteiger partial charge is 0.306 e. The van der Waals surface area contributed by atoms with Crippen molar-refractivity contribution in [3.8, 4) is 0 Å². The number of hydrogen-bond donors (Lipinski definition) is 3. The molecule has 0 saturated carbocycles. The summed E-state index contributed by atoms with van der Waals surface area (Å²) >= 11 is 0. The predicted octanol–water partition coefficient (Wildman–Crippen LogP) is 10.9. The second-order valence-corrected chi connectivity index (χ2v) is 12.9. The summed E-state index contributed by atoms with van der Waals surface area (Å²) in [6, 6.07) is 22.0. The highest BCUT2D eigenvalue weighted by atomic mass is 15.7. The third-order valence-corrected chi connectivity index (χ3v) is 8.84. The fraction of sp³-hybridized carbons (Fsp3) is 0.700. The number of nitrogens with zero attached hydrogens (tertiary/aromatic N) is 1. The van der Waals surface area contributed by atoms with Crippen LogP contribution in [0.15, 0.2) is 60.7 Å². The van der Waals surface area contributed by atoms with Crippen molar-refractivity contribution in [3.05, 3.63) is 71.8 Å². The van der Waals surface area contributed by atoms with Crippen LogP contribution in [0.4, 0.5) is 0 Å². The Balaban J connectivity index is 1.46. The Morgan fingerprint density at radius 3 is 1.27 bits per heavy atom. The van der Waals surface area contributed by atoms with Gasteiger partial charge in [-0.15, -0.1) is 0 Å². The first kappa shape index (κ1) is 38.5. The Kier molecular flexibility index (Phi) is 25.1. The average molecular weight is 607 g/mol. The fourth-order valence-corrected chi connectivity index (χ4v) is 6.05. The molecule has 4 heteroatoms. The third kappa shape index (κ3) is 20.3. The van der Waals surface area contributed by atoms with Gasteiger partial charge >= 0.3 is 0 Å². The lowest BCUT2D eigenvalue weighted by molar-refractivity contribution is 0.109. The normalized spacial score (nSPS) is 11.6. The molecule has 0 heterocycles. The highest BCUT2D eigenvalue weighted by Crippen LogP contribution is 2.22. The van der Waals surface area contributed by atoms with E-state index in [-0.39, 0.29) is 6.04 Å². The van der Waals surface area contributed by atoms with Crippen LogP contribution >= 0.6 is 0 Å². The number of nitrogens with one attached hydrogen (secondary N) is 3. The molecule has 3 N–H and O–H groups in total. The van der Waals surface area contributed by atoms with E-state index in [1.54, 1.807) is 0 Å². The van der Waals surface area contributed by atoms with Crippen LogP contribution in [0.1, 0.15) is 166 Å². The van der Waals surface area contributed by atoms with E-state index >= 15 is 0 Å². The Morgan fingerprint density at radius 2 is 0.795 bits per heavy atom. The minimum Gasteiger partial charge on any atom is -0.306 e. The fourth-order valence-electron chi connectivity index (χ4n) is 6.05. The smallest absolute Gasteiger partial charge is 0.0576 e. The van der Waals surface area contributed by atoms with Crippen molar-refractivity contribution in [1.82, 2.24) is 21.3 Å². The maximum Gasteiger partial charge on any atom is 0.0576 e. The van der Waals surface area contributed by atoms with E-state index in [1.807, 2.05) is 0 Å². The van der Waals surface area contributed by atoms with Crippen LogP contribution in [-0.2, 0) is 0 Å². The molecule has 0 aliphatic rings. The van der Waals surface area contributed by atoms with E-state index in [2.05, 4.69) is 95.8 Å². The molecule has 2 aromatic carbocycles. The Labute approximate surface area is 273 Å². The summed E-state index contributed by atoms with van der Waals surface area (Å²) in [5.74, 6) is 0. The maximum absolute atomic E-state index is 3.82. The van der Waals surface area contributed by atoms with E-state index < -0.39 is 0 Å². The van der Waals surface area contributed by atoms with Crippen molar-refractivity contribution in [3.63, 3.8) is 0 Å². The molecule has 0 atom stereocenters. The van der Waals surface area contributed by atoms with Crippen LogP contribution in [0.25, 0.3) is 0 Å². The van der Waals surface area contributed by atoms with Crippen LogP contribution in [0, 0.1) is 0 Å². The van der Waals surface area contributed by atoms with Gasteiger partial charge in [0.05, 0.1) is 6.04 Å². The highest BCUT2D eigenvalue weighted by molar-refractivity contribution is 5.31. The summed E-state index contributed by atoms with van der Waals surface area (Å²) in [5, 5.41) is 6.14. The van der Waals surface area contributed by atoms with E-state index in [9.17, 15) is 0 Å². The molecule has 0 amide bonds. The number of hydrogen-bond acceptors (Lipinski definition) is 4. The summed E-state index contributed by atoms with van der Waals surface area (Å²) in [4.78, 5) is 0. The van der Waals surface area contributed by atoms with Gasteiger partial charge in [-0.25, -0.2) is 10.9 Å². The van der Waals surface area contributed by atoms with Crippen LogP contribution in [0.3, 0.4) is 0 Å². The molecule has 0 aliphatic heterocycles. The minimum atomic E-state index is 0.284. The van der Waals surface area contributed by atoms with E-state index in [0.29, 0.717) is 0 Å². The topological polar surface area (TPSA) is 39.3 Å². The zero-order valence-corrected chi connectivity index (χ0v) is 29.0. The van der Waals surface area contributed by atoms with Gasteiger partial charge in [-0.1, -0.05) is 184 Å². The van der Waals surface area contributed by atoms with Crippen molar-refractivity contribution in [2.45, 2.75) is 155 Å².